The highest BCUT2D eigenvalue weighted by molar-refractivity contribution is 6.12. The third-order valence-electron chi connectivity index (χ3n) is 9.73. The van der Waals surface area contributed by atoms with Crippen LogP contribution in [0.2, 0.25) is 0 Å². The number of benzene rings is 4. The van der Waals surface area contributed by atoms with Crippen LogP contribution in [0.1, 0.15) is 0 Å². The van der Waals surface area contributed by atoms with E-state index in [4.69, 9.17) is 9.97 Å². The number of hydrogen-bond acceptors (Lipinski definition) is 12. The standard InChI is InChI=1S/C40H20N14/c1-3-7-29-23(5-1)25-11-9-21(27-19-45-37-39(47-27)51-35-33(49-37)41-13-15-43-35)17-31(25)53(29)54-30-8-4-2-6-24(30)26-12-10-22(18-32(26)54)28-20-46-38-40(48-28)52-36-34(50-38)42-14-16-44-36/h1-20H. The molecule has 14 heteroatoms. The van der Waals surface area contributed by atoms with E-state index in [1.807, 2.05) is 0 Å². The quantitative estimate of drug-likeness (QED) is 0.176. The molecule has 14 nitrogen and oxygen atoms in total. The minimum absolute atomic E-state index is 0.403. The monoisotopic (exact) mass is 696 g/mol. The van der Waals surface area contributed by atoms with Gasteiger partial charge in [0.15, 0.2) is 33.9 Å². The van der Waals surface area contributed by atoms with Crippen LogP contribution in [0, 0.1) is 0 Å². The zero-order chi connectivity index (χ0) is 35.3. The fourth-order valence-corrected chi connectivity index (χ4v) is 7.35. The van der Waals surface area contributed by atoms with Crippen molar-refractivity contribution in [2.45, 2.75) is 0 Å². The van der Waals surface area contributed by atoms with E-state index in [0.29, 0.717) is 56.6 Å². The first-order valence-electron chi connectivity index (χ1n) is 17.0. The number of fused-ring (bicyclic) bond motifs is 10. The van der Waals surface area contributed by atoms with Crippen LogP contribution in [-0.2, 0) is 0 Å². The Morgan fingerprint density at radius 2 is 0.685 bits per heavy atom. The fourth-order valence-electron chi connectivity index (χ4n) is 7.35. The molecule has 0 fully saturated rings. The summed E-state index contributed by atoms with van der Waals surface area (Å²) in [6, 6.07) is 29.6. The lowest BCUT2D eigenvalue weighted by atomic mass is 10.1. The van der Waals surface area contributed by atoms with E-state index < -0.39 is 0 Å². The molecule has 0 N–H and O–H groups in total. The minimum Gasteiger partial charge on any atom is -0.248 e. The molecule has 0 bridgehead atoms. The van der Waals surface area contributed by atoms with Crippen LogP contribution in [0.15, 0.2) is 122 Å². The van der Waals surface area contributed by atoms with Gasteiger partial charge >= 0.3 is 0 Å². The van der Waals surface area contributed by atoms with Crippen molar-refractivity contribution >= 4 is 88.8 Å². The molecule has 0 saturated carbocycles. The Kier molecular flexibility index (Phi) is 5.71. The molecule has 0 amide bonds. The van der Waals surface area contributed by atoms with Gasteiger partial charge in [-0.3, -0.25) is 0 Å². The smallest absolute Gasteiger partial charge is 0.200 e. The summed E-state index contributed by atoms with van der Waals surface area (Å²) in [4.78, 5) is 54.4. The largest absolute Gasteiger partial charge is 0.248 e. The molecule has 0 unspecified atom stereocenters. The highest BCUT2D eigenvalue weighted by Crippen LogP contribution is 2.38. The first kappa shape index (κ1) is 28.7. The SMILES string of the molecule is c1ccc2c(c1)c1ccc(-c3cnc4nc5nccnc5nc4n3)cc1n2-n1c2ccccc2c2ccc(-c3cnc4nc5nccnc5nc4n3)cc21. The molecule has 8 aromatic heterocycles. The molecule has 0 atom stereocenters. The molecule has 0 aliphatic carbocycles. The number of nitrogens with zero attached hydrogens (tertiary/aromatic N) is 14. The molecule has 12 rings (SSSR count). The first-order chi connectivity index (χ1) is 26.7. The summed E-state index contributed by atoms with van der Waals surface area (Å²) in [5, 5.41) is 4.44. The Morgan fingerprint density at radius 3 is 1.13 bits per heavy atom. The molecular formula is C40H20N14. The Labute approximate surface area is 302 Å². The fraction of sp³-hybridized carbons (Fsp3) is 0. The van der Waals surface area contributed by atoms with Crippen molar-refractivity contribution in [2.75, 3.05) is 0 Å². The van der Waals surface area contributed by atoms with Crippen LogP contribution in [-0.4, -0.2) is 69.2 Å². The van der Waals surface area contributed by atoms with Crippen LogP contribution >= 0.6 is 0 Å². The van der Waals surface area contributed by atoms with Gasteiger partial charge in [-0.15, -0.1) is 0 Å². The van der Waals surface area contributed by atoms with Gasteiger partial charge in [0, 0.05) is 57.5 Å². The molecule has 4 aromatic carbocycles. The number of para-hydroxylation sites is 2. The Balaban J connectivity index is 1.09. The summed E-state index contributed by atoms with van der Waals surface area (Å²) >= 11 is 0. The molecule has 0 aliphatic rings. The van der Waals surface area contributed by atoms with E-state index in [0.717, 1.165) is 54.7 Å². The molecule has 0 spiro atoms. The van der Waals surface area contributed by atoms with E-state index in [1.54, 1.807) is 37.2 Å². The molecular weight excluding hydrogens is 677 g/mol. The summed E-state index contributed by atoms with van der Waals surface area (Å²) in [6.45, 7) is 0. The second-order valence-electron chi connectivity index (χ2n) is 12.8. The van der Waals surface area contributed by atoms with Gasteiger partial charge < -0.3 is 0 Å². The lowest BCUT2D eigenvalue weighted by Crippen LogP contribution is -2.08. The summed E-state index contributed by atoms with van der Waals surface area (Å²) in [5.74, 6) is 0. The Morgan fingerprint density at radius 1 is 0.315 bits per heavy atom. The molecule has 54 heavy (non-hydrogen) atoms. The Hall–Kier alpha value is -8.00. The van der Waals surface area contributed by atoms with Gasteiger partial charge in [-0.25, -0.2) is 69.2 Å². The average Bonchev–Trinajstić information content (AvgIpc) is 3.73. The average molecular weight is 697 g/mol. The van der Waals surface area contributed by atoms with E-state index in [9.17, 15) is 0 Å². The predicted octanol–water partition coefficient (Wildman–Crippen LogP) is 6.90. The normalized spacial score (nSPS) is 12.1. The highest BCUT2D eigenvalue weighted by atomic mass is 15.5. The maximum absolute atomic E-state index is 4.88. The molecule has 0 radical (unpaired) electrons. The summed E-state index contributed by atoms with van der Waals surface area (Å²) in [7, 11) is 0. The third-order valence-corrected chi connectivity index (χ3v) is 9.73. The topological polar surface area (TPSA) is 165 Å². The molecule has 8 heterocycles. The van der Waals surface area contributed by atoms with E-state index >= 15 is 0 Å². The van der Waals surface area contributed by atoms with Gasteiger partial charge in [-0.2, -0.15) is 0 Å². The van der Waals surface area contributed by atoms with Crippen molar-refractivity contribution in [3.63, 3.8) is 0 Å². The maximum atomic E-state index is 4.88. The molecule has 0 aliphatic heterocycles. The van der Waals surface area contributed by atoms with Gasteiger partial charge in [0.05, 0.1) is 45.8 Å². The second-order valence-corrected chi connectivity index (χ2v) is 12.8. The van der Waals surface area contributed by atoms with Crippen molar-refractivity contribution < 1.29 is 0 Å². The van der Waals surface area contributed by atoms with Crippen molar-refractivity contribution in [1.29, 1.82) is 0 Å². The van der Waals surface area contributed by atoms with Gasteiger partial charge in [0.1, 0.15) is 0 Å². The summed E-state index contributed by atoms with van der Waals surface area (Å²) in [5.41, 5.74) is 10.5. The van der Waals surface area contributed by atoms with Crippen LogP contribution in [0.3, 0.4) is 0 Å². The van der Waals surface area contributed by atoms with Crippen molar-refractivity contribution in [2.24, 2.45) is 0 Å². The second kappa shape index (κ2) is 10.8. The van der Waals surface area contributed by atoms with Gasteiger partial charge in [0.25, 0.3) is 0 Å². The Bertz CT molecular complexity index is 3300. The summed E-state index contributed by atoms with van der Waals surface area (Å²) < 4.78 is 4.56. The van der Waals surface area contributed by atoms with Gasteiger partial charge in [-0.1, -0.05) is 60.7 Å². The van der Waals surface area contributed by atoms with Crippen molar-refractivity contribution in [1.82, 2.24) is 69.2 Å². The molecule has 250 valence electrons. The third kappa shape index (κ3) is 4.15. The van der Waals surface area contributed by atoms with E-state index in [1.165, 1.54) is 0 Å². The van der Waals surface area contributed by atoms with Gasteiger partial charge in [0.2, 0.25) is 11.3 Å². The maximum Gasteiger partial charge on any atom is 0.200 e. The van der Waals surface area contributed by atoms with Gasteiger partial charge in [-0.05, 0) is 24.3 Å². The van der Waals surface area contributed by atoms with Crippen LogP contribution in [0.4, 0.5) is 0 Å². The predicted molar refractivity (Wildman–Crippen MR) is 204 cm³/mol. The zero-order valence-electron chi connectivity index (χ0n) is 27.8. The van der Waals surface area contributed by atoms with Crippen LogP contribution < -0.4 is 0 Å². The molecule has 12 aromatic rings. The highest BCUT2D eigenvalue weighted by Gasteiger charge is 2.20. The number of hydrogen-bond donors (Lipinski definition) is 0. The lowest BCUT2D eigenvalue weighted by Gasteiger charge is -2.14. The van der Waals surface area contributed by atoms with Crippen molar-refractivity contribution in [3.05, 3.63) is 122 Å². The van der Waals surface area contributed by atoms with E-state index in [-0.39, 0.29) is 0 Å². The zero-order valence-corrected chi connectivity index (χ0v) is 27.8. The minimum atomic E-state index is 0.403. The van der Waals surface area contributed by atoms with E-state index in [2.05, 4.69) is 144 Å². The lowest BCUT2D eigenvalue weighted by molar-refractivity contribution is 0.775. The number of rotatable bonds is 3. The van der Waals surface area contributed by atoms with Crippen LogP contribution in [0.25, 0.3) is 111 Å². The number of aromatic nitrogens is 14. The van der Waals surface area contributed by atoms with Crippen molar-refractivity contribution in [3.8, 4) is 22.5 Å². The van der Waals surface area contributed by atoms with Crippen LogP contribution in [0.5, 0.6) is 0 Å². The first-order valence-corrected chi connectivity index (χ1v) is 17.0. The summed E-state index contributed by atoms with van der Waals surface area (Å²) in [6.07, 6.45) is 9.80. The molecule has 0 saturated heterocycles.